The zero-order chi connectivity index (χ0) is 14.0. The van der Waals surface area contributed by atoms with E-state index in [2.05, 4.69) is 4.98 Å². The Bertz CT molecular complexity index is 597. The van der Waals surface area contributed by atoms with Crippen molar-refractivity contribution < 1.29 is 14.3 Å². The molecule has 0 radical (unpaired) electrons. The fourth-order valence-electron chi connectivity index (χ4n) is 1.78. The molecule has 0 fully saturated rings. The Labute approximate surface area is 116 Å². The van der Waals surface area contributed by atoms with Gasteiger partial charge in [0.25, 0.3) is 0 Å². The molecule has 0 saturated carbocycles. The first-order valence-corrected chi connectivity index (χ1v) is 6.58. The molecule has 0 aliphatic rings. The van der Waals surface area contributed by atoms with Crippen molar-refractivity contribution in [2.75, 3.05) is 14.2 Å². The Morgan fingerprint density at radius 1 is 1.16 bits per heavy atom. The average molecular weight is 277 g/mol. The maximum Gasteiger partial charge on any atom is 0.171 e. The van der Waals surface area contributed by atoms with E-state index in [1.807, 2.05) is 19.1 Å². The highest BCUT2D eigenvalue weighted by molar-refractivity contribution is 7.17. The number of carbonyl (C=O) groups is 1. The topological polar surface area (TPSA) is 48.4 Å². The maximum absolute atomic E-state index is 11.5. The molecular formula is C14H15NO3S. The second-order valence-corrected chi connectivity index (χ2v) is 5.09. The van der Waals surface area contributed by atoms with Crippen molar-refractivity contribution in [3.05, 3.63) is 28.8 Å². The van der Waals surface area contributed by atoms with Gasteiger partial charge >= 0.3 is 0 Å². The minimum atomic E-state index is 0.0381. The number of rotatable bonds is 4. The third-order valence-electron chi connectivity index (χ3n) is 2.71. The van der Waals surface area contributed by atoms with Gasteiger partial charge in [0.05, 0.1) is 24.8 Å². The molecule has 2 rings (SSSR count). The monoisotopic (exact) mass is 277 g/mol. The van der Waals surface area contributed by atoms with Gasteiger partial charge in [0.2, 0.25) is 0 Å². The maximum atomic E-state index is 11.5. The van der Waals surface area contributed by atoms with E-state index in [1.54, 1.807) is 27.2 Å². The van der Waals surface area contributed by atoms with E-state index in [-0.39, 0.29) is 5.78 Å². The second-order valence-electron chi connectivity index (χ2n) is 4.09. The molecule has 2 aromatic rings. The number of methoxy groups -OCH3 is 2. The van der Waals surface area contributed by atoms with Crippen LogP contribution < -0.4 is 9.47 Å². The first-order valence-electron chi connectivity index (χ1n) is 5.77. The van der Waals surface area contributed by atoms with E-state index in [0.29, 0.717) is 16.4 Å². The summed E-state index contributed by atoms with van der Waals surface area (Å²) in [7, 11) is 3.21. The number of aryl methyl sites for hydroxylation is 1. The molecule has 5 heteroatoms. The van der Waals surface area contributed by atoms with Crippen molar-refractivity contribution in [1.29, 1.82) is 0 Å². The number of thiazole rings is 1. The van der Waals surface area contributed by atoms with Crippen LogP contribution in [0.25, 0.3) is 10.6 Å². The van der Waals surface area contributed by atoms with Gasteiger partial charge in [0, 0.05) is 18.6 Å². The summed E-state index contributed by atoms with van der Waals surface area (Å²) in [6.07, 6.45) is 0. The van der Waals surface area contributed by atoms with E-state index in [1.165, 1.54) is 11.3 Å². The summed E-state index contributed by atoms with van der Waals surface area (Å²) in [6.45, 7) is 3.39. The predicted molar refractivity (Wildman–Crippen MR) is 75.4 cm³/mol. The molecule has 0 aliphatic carbocycles. The number of hydrogen-bond acceptors (Lipinski definition) is 5. The van der Waals surface area contributed by atoms with Crippen LogP contribution in [0.2, 0.25) is 0 Å². The first kappa shape index (κ1) is 13.5. The molecule has 0 atom stereocenters. The average Bonchev–Trinajstić information content (AvgIpc) is 2.80. The number of carbonyl (C=O) groups excluding carboxylic acids is 1. The van der Waals surface area contributed by atoms with E-state index >= 15 is 0 Å². The molecule has 100 valence electrons. The number of hydrogen-bond donors (Lipinski definition) is 0. The molecule has 0 N–H and O–H groups in total. The normalized spacial score (nSPS) is 10.3. The van der Waals surface area contributed by atoms with Crippen LogP contribution >= 0.6 is 11.3 Å². The van der Waals surface area contributed by atoms with Crippen molar-refractivity contribution in [2.45, 2.75) is 13.8 Å². The molecule has 4 nitrogen and oxygen atoms in total. The smallest absolute Gasteiger partial charge is 0.171 e. The van der Waals surface area contributed by atoms with Gasteiger partial charge in [-0.2, -0.15) is 0 Å². The predicted octanol–water partition coefficient (Wildman–Crippen LogP) is 3.34. The Kier molecular flexibility index (Phi) is 3.85. The molecule has 1 aromatic carbocycles. The van der Waals surface area contributed by atoms with Crippen molar-refractivity contribution in [3.8, 4) is 22.1 Å². The summed E-state index contributed by atoms with van der Waals surface area (Å²) in [5.41, 5.74) is 1.64. The Morgan fingerprint density at radius 3 is 2.16 bits per heavy atom. The summed E-state index contributed by atoms with van der Waals surface area (Å²) >= 11 is 1.39. The van der Waals surface area contributed by atoms with Crippen LogP contribution in [0.5, 0.6) is 11.5 Å². The lowest BCUT2D eigenvalue weighted by molar-refractivity contribution is 0.102. The Balaban J connectivity index is 2.51. The zero-order valence-electron chi connectivity index (χ0n) is 11.3. The zero-order valence-corrected chi connectivity index (χ0v) is 12.1. The van der Waals surface area contributed by atoms with Crippen molar-refractivity contribution in [3.63, 3.8) is 0 Å². The van der Waals surface area contributed by atoms with Crippen LogP contribution in [0.15, 0.2) is 18.2 Å². The largest absolute Gasteiger partial charge is 0.497 e. The molecule has 0 saturated heterocycles. The van der Waals surface area contributed by atoms with Crippen LogP contribution in [-0.2, 0) is 0 Å². The second kappa shape index (κ2) is 5.40. The number of benzene rings is 1. The molecule has 1 aromatic heterocycles. The Hall–Kier alpha value is -1.88. The number of ketones is 1. The third kappa shape index (κ3) is 2.76. The SMILES string of the molecule is COc1cc(OC)cc(-c2nc(C)c(C(C)=O)s2)c1. The molecule has 19 heavy (non-hydrogen) atoms. The number of Topliss-reactive ketones (excluding diaryl/α,β-unsaturated/α-hetero) is 1. The molecular weight excluding hydrogens is 262 g/mol. The lowest BCUT2D eigenvalue weighted by Crippen LogP contribution is -1.89. The molecule has 1 heterocycles. The molecule has 0 aliphatic heterocycles. The van der Waals surface area contributed by atoms with Crippen molar-refractivity contribution in [2.24, 2.45) is 0 Å². The lowest BCUT2D eigenvalue weighted by Gasteiger charge is -2.06. The molecule has 0 bridgehead atoms. The quantitative estimate of drug-likeness (QED) is 0.804. The van der Waals surface area contributed by atoms with E-state index < -0.39 is 0 Å². The molecule has 0 amide bonds. The number of ether oxygens (including phenoxy) is 2. The van der Waals surface area contributed by atoms with Gasteiger partial charge < -0.3 is 9.47 Å². The summed E-state index contributed by atoms with van der Waals surface area (Å²) in [6, 6.07) is 5.56. The van der Waals surface area contributed by atoms with Crippen LogP contribution in [0, 0.1) is 6.92 Å². The van der Waals surface area contributed by atoms with E-state index in [0.717, 1.165) is 16.3 Å². The Morgan fingerprint density at radius 2 is 1.74 bits per heavy atom. The van der Waals surface area contributed by atoms with Crippen LogP contribution in [-0.4, -0.2) is 25.0 Å². The van der Waals surface area contributed by atoms with Gasteiger partial charge in [-0.3, -0.25) is 4.79 Å². The number of nitrogens with zero attached hydrogens (tertiary/aromatic N) is 1. The van der Waals surface area contributed by atoms with Crippen molar-refractivity contribution in [1.82, 2.24) is 4.98 Å². The van der Waals surface area contributed by atoms with Gasteiger partial charge in [-0.25, -0.2) is 4.98 Å². The van der Waals surface area contributed by atoms with Gasteiger partial charge in [-0.1, -0.05) is 0 Å². The van der Waals surface area contributed by atoms with Gasteiger partial charge in [0.1, 0.15) is 16.5 Å². The highest BCUT2D eigenvalue weighted by Crippen LogP contribution is 2.33. The lowest BCUT2D eigenvalue weighted by atomic mass is 10.2. The van der Waals surface area contributed by atoms with Crippen LogP contribution in [0.4, 0.5) is 0 Å². The van der Waals surface area contributed by atoms with Crippen LogP contribution in [0.3, 0.4) is 0 Å². The highest BCUT2D eigenvalue weighted by atomic mass is 32.1. The van der Waals surface area contributed by atoms with Crippen molar-refractivity contribution >= 4 is 17.1 Å². The number of aromatic nitrogens is 1. The summed E-state index contributed by atoms with van der Waals surface area (Å²) in [4.78, 5) is 16.6. The van der Waals surface area contributed by atoms with Crippen LogP contribution in [0.1, 0.15) is 22.3 Å². The van der Waals surface area contributed by atoms with Gasteiger partial charge in [-0.05, 0) is 19.1 Å². The first-order chi connectivity index (χ1) is 9.05. The fourth-order valence-corrected chi connectivity index (χ4v) is 2.73. The van der Waals surface area contributed by atoms with Gasteiger partial charge in [-0.15, -0.1) is 11.3 Å². The van der Waals surface area contributed by atoms with E-state index in [4.69, 9.17) is 9.47 Å². The minimum Gasteiger partial charge on any atom is -0.497 e. The summed E-state index contributed by atoms with van der Waals surface area (Å²) in [5.74, 6) is 1.44. The standard InChI is InChI=1S/C14H15NO3S/c1-8-13(9(2)16)19-14(15-8)10-5-11(17-3)7-12(6-10)18-4/h5-7H,1-4H3. The van der Waals surface area contributed by atoms with E-state index in [9.17, 15) is 4.79 Å². The summed E-state index contributed by atoms with van der Waals surface area (Å²) < 4.78 is 10.5. The fraction of sp³-hybridized carbons (Fsp3) is 0.286. The summed E-state index contributed by atoms with van der Waals surface area (Å²) in [5, 5.41) is 0.792. The third-order valence-corrected chi connectivity index (χ3v) is 4.02. The minimum absolute atomic E-state index is 0.0381. The molecule has 0 spiro atoms. The molecule has 0 unspecified atom stereocenters. The van der Waals surface area contributed by atoms with Gasteiger partial charge in [0.15, 0.2) is 5.78 Å². The highest BCUT2D eigenvalue weighted by Gasteiger charge is 2.14.